The minimum Gasteiger partial charge on any atom is -0.118 e. The highest BCUT2D eigenvalue weighted by molar-refractivity contribution is 5.44. The first kappa shape index (κ1) is 8.22. The SMILES string of the molecule is C#CC1(C#C)C(C)(C)C1(C)C. The van der Waals surface area contributed by atoms with E-state index in [1.807, 2.05) is 0 Å². The van der Waals surface area contributed by atoms with Gasteiger partial charge in [0.25, 0.3) is 0 Å². The molecular weight excluding hydrogens is 132 g/mol. The lowest BCUT2D eigenvalue weighted by Crippen LogP contribution is -2.02. The Labute approximate surface area is 69.4 Å². The summed E-state index contributed by atoms with van der Waals surface area (Å²) in [4.78, 5) is 0. The van der Waals surface area contributed by atoms with Crippen molar-refractivity contribution in [2.45, 2.75) is 27.7 Å². The van der Waals surface area contributed by atoms with E-state index >= 15 is 0 Å². The van der Waals surface area contributed by atoms with E-state index in [4.69, 9.17) is 12.8 Å². The van der Waals surface area contributed by atoms with Gasteiger partial charge in [0, 0.05) is 10.8 Å². The topological polar surface area (TPSA) is 0 Å². The molecule has 0 amide bonds. The van der Waals surface area contributed by atoms with E-state index in [1.54, 1.807) is 0 Å². The summed E-state index contributed by atoms with van der Waals surface area (Å²) in [6, 6.07) is 0. The Hall–Kier alpha value is -0.880. The molecule has 1 aliphatic rings. The first-order valence-corrected chi connectivity index (χ1v) is 3.83. The van der Waals surface area contributed by atoms with E-state index in [1.165, 1.54) is 0 Å². The van der Waals surface area contributed by atoms with Crippen LogP contribution in [0.25, 0.3) is 0 Å². The minimum atomic E-state index is -0.319. The second-order valence-electron chi connectivity index (χ2n) is 4.29. The number of terminal acetylenes is 2. The third-order valence-electron chi connectivity index (χ3n) is 3.81. The summed E-state index contributed by atoms with van der Waals surface area (Å²) in [5.41, 5.74) is -0.146. The highest BCUT2D eigenvalue weighted by Gasteiger charge is 2.76. The fourth-order valence-electron chi connectivity index (χ4n) is 2.08. The highest BCUT2D eigenvalue weighted by Crippen LogP contribution is 2.77. The fraction of sp³-hybridized carbons (Fsp3) is 0.636. The van der Waals surface area contributed by atoms with Gasteiger partial charge in [0.2, 0.25) is 0 Å². The number of rotatable bonds is 0. The molecule has 0 unspecified atom stereocenters. The molecule has 0 radical (unpaired) electrons. The summed E-state index contributed by atoms with van der Waals surface area (Å²) in [7, 11) is 0. The molecule has 0 heteroatoms. The number of hydrogen-bond donors (Lipinski definition) is 0. The van der Waals surface area contributed by atoms with Gasteiger partial charge >= 0.3 is 0 Å². The Morgan fingerprint density at radius 3 is 1.09 bits per heavy atom. The summed E-state index contributed by atoms with van der Waals surface area (Å²) < 4.78 is 0. The molecule has 1 fully saturated rings. The zero-order valence-electron chi connectivity index (χ0n) is 7.65. The van der Waals surface area contributed by atoms with E-state index in [0.717, 1.165) is 0 Å². The van der Waals surface area contributed by atoms with Crippen LogP contribution in [0.2, 0.25) is 0 Å². The van der Waals surface area contributed by atoms with E-state index in [9.17, 15) is 0 Å². The van der Waals surface area contributed by atoms with Crippen molar-refractivity contribution in [3.63, 3.8) is 0 Å². The normalized spacial score (nSPS) is 28.2. The van der Waals surface area contributed by atoms with Crippen LogP contribution >= 0.6 is 0 Å². The molecule has 0 aromatic rings. The smallest absolute Gasteiger partial charge is 0.103 e. The Morgan fingerprint density at radius 1 is 0.818 bits per heavy atom. The molecule has 0 saturated heterocycles. The molecular formula is C11H14. The van der Waals surface area contributed by atoms with E-state index in [-0.39, 0.29) is 16.2 Å². The third-order valence-corrected chi connectivity index (χ3v) is 3.81. The van der Waals surface area contributed by atoms with Gasteiger partial charge in [0.1, 0.15) is 5.41 Å². The summed E-state index contributed by atoms with van der Waals surface area (Å²) in [5, 5.41) is 0. The van der Waals surface area contributed by atoms with Gasteiger partial charge in [-0.25, -0.2) is 0 Å². The third kappa shape index (κ3) is 0.510. The van der Waals surface area contributed by atoms with Gasteiger partial charge in [-0.05, 0) is 0 Å². The molecule has 0 spiro atoms. The quantitative estimate of drug-likeness (QED) is 0.460. The van der Waals surface area contributed by atoms with Crippen molar-refractivity contribution < 1.29 is 0 Å². The van der Waals surface area contributed by atoms with Crippen molar-refractivity contribution >= 4 is 0 Å². The second kappa shape index (κ2) is 1.64. The first-order valence-electron chi connectivity index (χ1n) is 3.83. The lowest BCUT2D eigenvalue weighted by molar-refractivity contribution is 0.457. The van der Waals surface area contributed by atoms with Crippen LogP contribution in [0, 0.1) is 40.9 Å². The Bertz CT molecular complexity index is 235. The maximum atomic E-state index is 5.44. The minimum absolute atomic E-state index is 0.0868. The molecule has 0 N–H and O–H groups in total. The molecule has 1 saturated carbocycles. The molecule has 0 heterocycles. The van der Waals surface area contributed by atoms with E-state index in [0.29, 0.717) is 0 Å². The van der Waals surface area contributed by atoms with Crippen LogP contribution in [0.3, 0.4) is 0 Å². The van der Waals surface area contributed by atoms with Gasteiger partial charge in [0.15, 0.2) is 0 Å². The fourth-order valence-corrected chi connectivity index (χ4v) is 2.08. The first-order chi connectivity index (χ1) is 4.87. The van der Waals surface area contributed by atoms with Gasteiger partial charge in [-0.15, -0.1) is 12.8 Å². The van der Waals surface area contributed by atoms with Crippen molar-refractivity contribution in [1.82, 2.24) is 0 Å². The summed E-state index contributed by atoms with van der Waals surface area (Å²) in [6.45, 7) is 8.53. The molecule has 11 heavy (non-hydrogen) atoms. The zero-order valence-corrected chi connectivity index (χ0v) is 7.65. The molecule has 1 rings (SSSR count). The number of hydrogen-bond acceptors (Lipinski definition) is 0. The van der Waals surface area contributed by atoms with Crippen LogP contribution < -0.4 is 0 Å². The van der Waals surface area contributed by atoms with E-state index < -0.39 is 0 Å². The monoisotopic (exact) mass is 146 g/mol. The van der Waals surface area contributed by atoms with Crippen molar-refractivity contribution in [3.05, 3.63) is 0 Å². The van der Waals surface area contributed by atoms with Gasteiger partial charge in [-0.1, -0.05) is 39.5 Å². The van der Waals surface area contributed by atoms with Crippen LogP contribution in [0.15, 0.2) is 0 Å². The van der Waals surface area contributed by atoms with Gasteiger partial charge in [-0.2, -0.15) is 0 Å². The van der Waals surface area contributed by atoms with Crippen molar-refractivity contribution in [2.24, 2.45) is 16.2 Å². The average molecular weight is 146 g/mol. The van der Waals surface area contributed by atoms with Crippen LogP contribution in [0.5, 0.6) is 0 Å². The van der Waals surface area contributed by atoms with Crippen LogP contribution in [0.1, 0.15) is 27.7 Å². The predicted molar refractivity (Wildman–Crippen MR) is 47.7 cm³/mol. The molecule has 0 aromatic heterocycles. The molecule has 1 aliphatic carbocycles. The van der Waals surface area contributed by atoms with E-state index in [2.05, 4.69) is 39.5 Å². The van der Waals surface area contributed by atoms with Crippen molar-refractivity contribution in [1.29, 1.82) is 0 Å². The molecule has 0 nitrogen and oxygen atoms in total. The molecule has 0 atom stereocenters. The van der Waals surface area contributed by atoms with Crippen LogP contribution in [-0.4, -0.2) is 0 Å². The lowest BCUT2D eigenvalue weighted by atomic mass is 9.97. The Kier molecular flexibility index (Phi) is 1.23. The van der Waals surface area contributed by atoms with Crippen molar-refractivity contribution in [2.75, 3.05) is 0 Å². The summed E-state index contributed by atoms with van der Waals surface area (Å²) >= 11 is 0. The zero-order chi connectivity index (χ0) is 8.91. The average Bonchev–Trinajstić information content (AvgIpc) is 2.22. The van der Waals surface area contributed by atoms with Gasteiger partial charge in [0.05, 0.1) is 0 Å². The second-order valence-corrected chi connectivity index (χ2v) is 4.29. The lowest BCUT2D eigenvalue weighted by Gasteiger charge is -2.02. The molecule has 0 aliphatic heterocycles. The molecule has 0 bridgehead atoms. The molecule has 58 valence electrons. The molecule has 0 aromatic carbocycles. The van der Waals surface area contributed by atoms with Gasteiger partial charge in [-0.3, -0.25) is 0 Å². The standard InChI is InChI=1S/C11H14/c1-7-11(8-2)9(3,4)10(11,5)6/h1-2H,3-6H3. The Balaban J connectivity index is 3.19. The predicted octanol–water partition coefficient (Wildman–Crippen LogP) is 2.31. The van der Waals surface area contributed by atoms with Crippen LogP contribution in [-0.2, 0) is 0 Å². The Morgan fingerprint density at radius 2 is 1.09 bits per heavy atom. The van der Waals surface area contributed by atoms with Crippen molar-refractivity contribution in [3.8, 4) is 24.7 Å². The highest BCUT2D eigenvalue weighted by atomic mass is 14.8. The summed E-state index contributed by atoms with van der Waals surface area (Å²) in [5.74, 6) is 5.49. The van der Waals surface area contributed by atoms with Gasteiger partial charge < -0.3 is 0 Å². The maximum Gasteiger partial charge on any atom is 0.103 e. The summed E-state index contributed by atoms with van der Waals surface area (Å²) in [6.07, 6.45) is 10.9. The van der Waals surface area contributed by atoms with Crippen LogP contribution in [0.4, 0.5) is 0 Å². The largest absolute Gasteiger partial charge is 0.118 e. The maximum absolute atomic E-state index is 5.44.